The molecule has 1 unspecified atom stereocenters. The summed E-state index contributed by atoms with van der Waals surface area (Å²) in [7, 11) is 0. The van der Waals surface area contributed by atoms with Crippen LogP contribution >= 0.6 is 0 Å². The minimum absolute atomic E-state index is 0.0160. The van der Waals surface area contributed by atoms with Gasteiger partial charge in [0.1, 0.15) is 5.60 Å². The summed E-state index contributed by atoms with van der Waals surface area (Å²) in [5, 5.41) is 0. The van der Waals surface area contributed by atoms with Crippen molar-refractivity contribution in [2.45, 2.75) is 52.8 Å². The van der Waals surface area contributed by atoms with E-state index >= 15 is 0 Å². The van der Waals surface area contributed by atoms with Crippen molar-refractivity contribution in [3.05, 3.63) is 0 Å². The van der Waals surface area contributed by atoms with Crippen molar-refractivity contribution in [1.29, 1.82) is 0 Å². The Morgan fingerprint density at radius 2 is 1.53 bits per heavy atom. The highest BCUT2D eigenvalue weighted by Gasteiger charge is 2.43. The van der Waals surface area contributed by atoms with Gasteiger partial charge < -0.3 is 9.47 Å². The van der Waals surface area contributed by atoms with Crippen LogP contribution in [0.5, 0.6) is 0 Å². The summed E-state index contributed by atoms with van der Waals surface area (Å²) < 4.78 is 45.1. The summed E-state index contributed by atoms with van der Waals surface area (Å²) in [5.41, 5.74) is -1.53. The Labute approximate surface area is 110 Å². The maximum Gasteiger partial charge on any atom is 0.490 e. The molecule has 0 saturated heterocycles. The van der Waals surface area contributed by atoms with Gasteiger partial charge in [0.05, 0.1) is 6.61 Å². The van der Waals surface area contributed by atoms with Gasteiger partial charge in [0, 0.05) is 18.8 Å². The highest BCUT2D eigenvalue weighted by atomic mass is 19.4. The normalized spacial score (nSPS) is 15.6. The van der Waals surface area contributed by atoms with Crippen molar-refractivity contribution in [2.75, 3.05) is 6.61 Å². The molecular weight excluding hydrogens is 265 g/mol. The number of hydrogen-bond donors (Lipinski definition) is 0. The van der Waals surface area contributed by atoms with Crippen LogP contribution in [0.2, 0.25) is 0 Å². The number of halogens is 3. The molecule has 1 atom stereocenters. The second kappa shape index (κ2) is 5.79. The van der Waals surface area contributed by atoms with Crippen LogP contribution in [0.25, 0.3) is 0 Å². The molecule has 0 radical (unpaired) electrons. The summed E-state index contributed by atoms with van der Waals surface area (Å²) in [6, 6.07) is 0. The Hall–Kier alpha value is -1.27. The van der Waals surface area contributed by atoms with Crippen LogP contribution in [0.15, 0.2) is 0 Å². The van der Waals surface area contributed by atoms with E-state index in [1.54, 1.807) is 27.7 Å². The predicted octanol–water partition coefficient (Wildman–Crippen LogP) is 2.85. The van der Waals surface area contributed by atoms with Gasteiger partial charge in [0.15, 0.2) is 0 Å². The lowest BCUT2D eigenvalue weighted by Crippen LogP contribution is -2.45. The second-order valence-electron chi connectivity index (χ2n) is 5.46. The first-order valence-corrected chi connectivity index (χ1v) is 5.73. The Kier molecular flexibility index (Phi) is 5.41. The van der Waals surface area contributed by atoms with Crippen LogP contribution in [0, 0.1) is 5.41 Å². The van der Waals surface area contributed by atoms with Crippen LogP contribution < -0.4 is 0 Å². The molecule has 0 rings (SSSR count). The Balaban J connectivity index is 4.62. The van der Waals surface area contributed by atoms with E-state index in [-0.39, 0.29) is 6.42 Å². The fraction of sp³-hybridized carbons (Fsp3) is 0.833. The van der Waals surface area contributed by atoms with Crippen molar-refractivity contribution in [3.8, 4) is 0 Å². The van der Waals surface area contributed by atoms with Gasteiger partial charge in [0.25, 0.3) is 0 Å². The maximum absolute atomic E-state index is 12.0. The fourth-order valence-electron chi connectivity index (χ4n) is 1.32. The zero-order chi connectivity index (χ0) is 15.5. The van der Waals surface area contributed by atoms with Gasteiger partial charge in [-0.3, -0.25) is 4.79 Å². The molecule has 0 spiro atoms. The van der Waals surface area contributed by atoms with Crippen molar-refractivity contribution in [1.82, 2.24) is 0 Å². The highest BCUT2D eigenvalue weighted by Crippen LogP contribution is 2.36. The third kappa shape index (κ3) is 5.48. The number of hydrogen-bond acceptors (Lipinski definition) is 4. The Morgan fingerprint density at radius 1 is 1.05 bits per heavy atom. The number of esters is 2. The van der Waals surface area contributed by atoms with E-state index in [9.17, 15) is 22.8 Å². The van der Waals surface area contributed by atoms with Gasteiger partial charge in [-0.25, -0.2) is 4.79 Å². The number of rotatable bonds is 4. The van der Waals surface area contributed by atoms with Crippen molar-refractivity contribution < 1.29 is 32.2 Å². The third-order valence-electron chi connectivity index (χ3n) is 3.00. The molecule has 0 aromatic rings. The summed E-state index contributed by atoms with van der Waals surface area (Å²) in [5.74, 6) is -2.79. The van der Waals surface area contributed by atoms with Crippen LogP contribution in [0.1, 0.15) is 41.0 Å². The van der Waals surface area contributed by atoms with Gasteiger partial charge >= 0.3 is 18.1 Å². The molecule has 0 aliphatic heterocycles. The largest absolute Gasteiger partial charge is 0.490 e. The van der Waals surface area contributed by atoms with Crippen LogP contribution in [-0.4, -0.2) is 30.3 Å². The van der Waals surface area contributed by atoms with Gasteiger partial charge in [-0.15, -0.1) is 0 Å². The van der Waals surface area contributed by atoms with Crippen LogP contribution in [0.3, 0.4) is 0 Å². The number of carbonyl (C=O) groups excluding carboxylic acids is 2. The average molecular weight is 284 g/mol. The van der Waals surface area contributed by atoms with E-state index in [4.69, 9.17) is 4.74 Å². The molecule has 0 fully saturated rings. The molecule has 0 N–H and O–H groups in total. The molecule has 0 bridgehead atoms. The lowest BCUT2D eigenvalue weighted by molar-refractivity contribution is -0.202. The smallest absolute Gasteiger partial charge is 0.459 e. The summed E-state index contributed by atoms with van der Waals surface area (Å²) in [6.07, 6.45) is -5.03. The quantitative estimate of drug-likeness (QED) is 0.745. The summed E-state index contributed by atoms with van der Waals surface area (Å²) in [6.45, 7) is 7.67. The zero-order valence-corrected chi connectivity index (χ0v) is 11.7. The lowest BCUT2D eigenvalue weighted by atomic mass is 9.75. The SMILES string of the molecule is CC(=O)OC(C)(CCOC(=O)C(F)(F)F)C(C)(C)C. The van der Waals surface area contributed by atoms with Gasteiger partial charge in [-0.2, -0.15) is 13.2 Å². The van der Waals surface area contributed by atoms with Crippen molar-refractivity contribution in [3.63, 3.8) is 0 Å². The first-order valence-electron chi connectivity index (χ1n) is 5.73. The van der Waals surface area contributed by atoms with E-state index in [1.165, 1.54) is 6.92 Å². The average Bonchev–Trinajstić information content (AvgIpc) is 2.12. The maximum atomic E-state index is 12.0. The third-order valence-corrected chi connectivity index (χ3v) is 3.00. The molecule has 19 heavy (non-hydrogen) atoms. The summed E-state index contributed by atoms with van der Waals surface area (Å²) >= 11 is 0. The van der Waals surface area contributed by atoms with E-state index < -0.39 is 35.7 Å². The standard InChI is InChI=1S/C12H19F3O4/c1-8(16)19-11(5,10(2,3)4)6-7-18-9(17)12(13,14)15/h6-7H2,1-5H3. The molecule has 0 aliphatic carbocycles. The Morgan fingerprint density at radius 3 is 1.84 bits per heavy atom. The fourth-order valence-corrected chi connectivity index (χ4v) is 1.32. The molecule has 0 aromatic heterocycles. The number of carbonyl (C=O) groups is 2. The van der Waals surface area contributed by atoms with E-state index in [2.05, 4.69) is 4.74 Å². The molecule has 7 heteroatoms. The van der Waals surface area contributed by atoms with Gasteiger partial charge in [-0.05, 0) is 6.92 Å². The van der Waals surface area contributed by atoms with Crippen molar-refractivity contribution >= 4 is 11.9 Å². The second-order valence-corrected chi connectivity index (χ2v) is 5.46. The van der Waals surface area contributed by atoms with Crippen LogP contribution in [0.4, 0.5) is 13.2 Å². The highest BCUT2D eigenvalue weighted by molar-refractivity contribution is 5.75. The molecule has 0 heterocycles. The van der Waals surface area contributed by atoms with Gasteiger partial charge in [0.2, 0.25) is 0 Å². The summed E-state index contributed by atoms with van der Waals surface area (Å²) in [4.78, 5) is 21.6. The van der Waals surface area contributed by atoms with E-state index in [1.807, 2.05) is 0 Å². The first-order chi connectivity index (χ1) is 8.29. The minimum Gasteiger partial charge on any atom is -0.459 e. The number of alkyl halides is 3. The molecule has 0 saturated carbocycles. The molecule has 0 aliphatic rings. The monoisotopic (exact) mass is 284 g/mol. The molecule has 112 valence electrons. The number of ether oxygens (including phenoxy) is 2. The molecule has 0 aromatic carbocycles. The van der Waals surface area contributed by atoms with Crippen molar-refractivity contribution in [2.24, 2.45) is 5.41 Å². The predicted molar refractivity (Wildman–Crippen MR) is 61.3 cm³/mol. The lowest BCUT2D eigenvalue weighted by Gasteiger charge is -2.40. The van der Waals surface area contributed by atoms with E-state index in [0.29, 0.717) is 0 Å². The van der Waals surface area contributed by atoms with E-state index in [0.717, 1.165) is 0 Å². The topological polar surface area (TPSA) is 52.6 Å². The zero-order valence-electron chi connectivity index (χ0n) is 11.7. The van der Waals surface area contributed by atoms with Gasteiger partial charge in [-0.1, -0.05) is 20.8 Å². The van der Waals surface area contributed by atoms with Crippen LogP contribution in [-0.2, 0) is 19.1 Å². The molecule has 0 amide bonds. The molecule has 4 nitrogen and oxygen atoms in total. The molecular formula is C12H19F3O4. The Bertz CT molecular complexity index is 344. The first kappa shape index (κ1) is 17.7. The minimum atomic E-state index is -5.01.